The van der Waals surface area contributed by atoms with Gasteiger partial charge in [0.25, 0.3) is 5.91 Å². The van der Waals surface area contributed by atoms with E-state index in [0.717, 1.165) is 40.9 Å². The van der Waals surface area contributed by atoms with Crippen molar-refractivity contribution in [3.63, 3.8) is 0 Å². The molecule has 1 amide bonds. The molecular weight excluding hydrogens is 414 g/mol. The Kier molecular flexibility index (Phi) is 5.93. The summed E-state index contributed by atoms with van der Waals surface area (Å²) in [5, 5.41) is 4.29. The quantitative estimate of drug-likeness (QED) is 0.557. The number of rotatable bonds is 0. The van der Waals surface area contributed by atoms with E-state index in [-0.39, 0.29) is 12.5 Å². The van der Waals surface area contributed by atoms with Gasteiger partial charge in [-0.3, -0.25) is 4.79 Å². The number of aliphatic imine (C=N–C) groups is 1. The van der Waals surface area contributed by atoms with E-state index in [0.29, 0.717) is 12.4 Å². The monoisotopic (exact) mass is 437 g/mol. The van der Waals surface area contributed by atoms with Crippen molar-refractivity contribution in [2.24, 2.45) is 4.99 Å². The number of benzene rings is 2. The highest BCUT2D eigenvalue weighted by Gasteiger charge is 2.11. The first kappa shape index (κ1) is 20.6. The van der Waals surface area contributed by atoms with Crippen LogP contribution in [-0.2, 0) is 4.79 Å². The van der Waals surface area contributed by atoms with E-state index >= 15 is 0 Å². The van der Waals surface area contributed by atoms with Crippen molar-refractivity contribution in [2.45, 2.75) is 6.42 Å². The molecule has 0 saturated heterocycles. The first-order valence-corrected chi connectivity index (χ1v) is 10.8. The zero-order valence-electron chi connectivity index (χ0n) is 18.0. The molecule has 7 heteroatoms. The summed E-state index contributed by atoms with van der Waals surface area (Å²) in [5.41, 5.74) is 3.84. The maximum atomic E-state index is 12.2. The van der Waals surface area contributed by atoms with E-state index < -0.39 is 0 Å². The minimum absolute atomic E-state index is 0.178. The average Bonchev–Trinajstić information content (AvgIpc) is 2.84. The van der Waals surface area contributed by atoms with Gasteiger partial charge in [-0.15, -0.1) is 0 Å². The summed E-state index contributed by atoms with van der Waals surface area (Å²) in [6.07, 6.45) is 13.7. The largest absolute Gasteiger partial charge is 0.489 e. The van der Waals surface area contributed by atoms with Crippen LogP contribution >= 0.6 is 0 Å². The van der Waals surface area contributed by atoms with Gasteiger partial charge in [-0.1, -0.05) is 24.3 Å². The Hall–Kier alpha value is -4.26. The van der Waals surface area contributed by atoms with E-state index in [9.17, 15) is 4.79 Å². The molecule has 0 atom stereocenters. The lowest BCUT2D eigenvalue weighted by Crippen LogP contribution is -2.27. The van der Waals surface area contributed by atoms with Crippen LogP contribution in [0.2, 0.25) is 0 Å². The summed E-state index contributed by atoms with van der Waals surface area (Å²) in [4.78, 5) is 27.1. The van der Waals surface area contributed by atoms with Gasteiger partial charge in [0.1, 0.15) is 24.5 Å². The van der Waals surface area contributed by atoms with Gasteiger partial charge in [-0.2, -0.15) is 0 Å². The van der Waals surface area contributed by atoms with Crippen molar-refractivity contribution < 1.29 is 9.53 Å². The molecule has 4 bridgehead atoms. The molecule has 1 aromatic heterocycles. The molecule has 3 aliphatic heterocycles. The molecule has 1 N–H and O–H groups in total. The summed E-state index contributed by atoms with van der Waals surface area (Å²) in [6, 6.07) is 13.7. The summed E-state index contributed by atoms with van der Waals surface area (Å²) >= 11 is 0. The molecule has 33 heavy (non-hydrogen) atoms. The Labute approximate surface area is 191 Å². The van der Waals surface area contributed by atoms with Crippen molar-refractivity contribution in [1.29, 1.82) is 0 Å². The minimum atomic E-state index is -0.178. The Bertz CT molecular complexity index is 1310. The second-order valence-corrected chi connectivity index (χ2v) is 7.77. The lowest BCUT2D eigenvalue weighted by atomic mass is 10.1. The van der Waals surface area contributed by atoms with Crippen LogP contribution in [-0.4, -0.2) is 46.7 Å². The lowest BCUT2D eigenvalue weighted by molar-refractivity contribution is -0.118. The fourth-order valence-corrected chi connectivity index (χ4v) is 3.77. The van der Waals surface area contributed by atoms with Crippen LogP contribution in [0, 0.1) is 0 Å². The molecular formula is C26H23N5O2. The second-order valence-electron chi connectivity index (χ2n) is 7.77. The van der Waals surface area contributed by atoms with Crippen LogP contribution in [0.15, 0.2) is 83.8 Å². The molecule has 6 rings (SSSR count). The van der Waals surface area contributed by atoms with Gasteiger partial charge in [0.05, 0.1) is 12.1 Å². The number of nitrogens with one attached hydrogen (secondary N) is 1. The number of para-hydroxylation sites is 1. The van der Waals surface area contributed by atoms with Crippen LogP contribution < -0.4 is 10.1 Å². The van der Waals surface area contributed by atoms with Gasteiger partial charge in [-0.05, 0) is 66.3 Å². The van der Waals surface area contributed by atoms with Crippen LogP contribution in [0.1, 0.15) is 12.0 Å². The summed E-state index contributed by atoms with van der Waals surface area (Å²) < 4.78 is 5.99. The van der Waals surface area contributed by atoms with E-state index in [4.69, 9.17) is 4.74 Å². The van der Waals surface area contributed by atoms with Gasteiger partial charge in [-0.25, -0.2) is 15.0 Å². The fraction of sp³-hybridized carbons (Fsp3) is 0.154. The van der Waals surface area contributed by atoms with Crippen LogP contribution in [0.25, 0.3) is 17.0 Å². The maximum Gasteiger partial charge on any atom is 0.265 e. The standard InChI is InChI=1S/C26H23N5O2/c32-25-17-31-13-9-19(10-14-31)11-15-33-21-7-8-24-22(16-21)26(29-18-28-24)30-23-6-2-1-4-20(23)5-3-12-27-25/h1-9,11-13,16,18H,10,14-15,17H2,(H,28,29,30)/b5-3?,19-11+,27-12?. The molecule has 0 saturated carbocycles. The van der Waals surface area contributed by atoms with Gasteiger partial charge in [0.2, 0.25) is 0 Å². The first-order valence-electron chi connectivity index (χ1n) is 10.8. The zero-order valence-corrected chi connectivity index (χ0v) is 18.0. The predicted octanol–water partition coefficient (Wildman–Crippen LogP) is 4.52. The molecule has 0 radical (unpaired) electrons. The predicted molar refractivity (Wildman–Crippen MR) is 131 cm³/mol. The maximum absolute atomic E-state index is 12.2. The number of carbonyl (C=O) groups excluding carboxylic acids is 1. The molecule has 3 aliphatic rings. The van der Waals surface area contributed by atoms with E-state index in [1.807, 2.05) is 65.7 Å². The number of aromatic nitrogens is 2. The highest BCUT2D eigenvalue weighted by molar-refractivity contribution is 5.94. The van der Waals surface area contributed by atoms with Crippen molar-refractivity contribution in [2.75, 3.05) is 25.0 Å². The Morgan fingerprint density at radius 2 is 2.00 bits per heavy atom. The third-order valence-corrected chi connectivity index (χ3v) is 5.52. The van der Waals surface area contributed by atoms with Gasteiger partial charge in [0.15, 0.2) is 0 Å². The molecule has 3 aromatic rings. The number of hydrogen-bond donors (Lipinski definition) is 1. The summed E-state index contributed by atoms with van der Waals surface area (Å²) in [5.74, 6) is 1.27. The van der Waals surface area contributed by atoms with Crippen LogP contribution in [0.4, 0.5) is 11.5 Å². The highest BCUT2D eigenvalue weighted by Crippen LogP contribution is 2.28. The minimum Gasteiger partial charge on any atom is -0.489 e. The number of carbonyl (C=O) groups is 1. The summed E-state index contributed by atoms with van der Waals surface area (Å²) in [6.45, 7) is 1.49. The normalized spacial score (nSPS) is 17.9. The van der Waals surface area contributed by atoms with Gasteiger partial charge < -0.3 is 15.0 Å². The number of amides is 1. The number of hydrogen-bond acceptors (Lipinski definition) is 6. The summed E-state index contributed by atoms with van der Waals surface area (Å²) in [7, 11) is 0. The Morgan fingerprint density at radius 3 is 2.91 bits per heavy atom. The van der Waals surface area contributed by atoms with Gasteiger partial charge >= 0.3 is 0 Å². The molecule has 164 valence electrons. The topological polar surface area (TPSA) is 79.7 Å². The lowest BCUT2D eigenvalue weighted by Gasteiger charge is -2.23. The highest BCUT2D eigenvalue weighted by atomic mass is 16.5. The second kappa shape index (κ2) is 9.48. The fourth-order valence-electron chi connectivity index (χ4n) is 3.77. The first-order chi connectivity index (χ1) is 16.2. The number of fused-ring (bicyclic) bond motifs is 6. The zero-order chi connectivity index (χ0) is 22.5. The molecule has 7 nitrogen and oxygen atoms in total. The van der Waals surface area contributed by atoms with Crippen LogP contribution in [0.3, 0.4) is 0 Å². The van der Waals surface area contributed by atoms with E-state index in [1.165, 1.54) is 5.57 Å². The van der Waals surface area contributed by atoms with Crippen molar-refractivity contribution in [1.82, 2.24) is 14.9 Å². The molecule has 0 spiro atoms. The molecule has 0 fully saturated rings. The smallest absolute Gasteiger partial charge is 0.265 e. The van der Waals surface area contributed by atoms with Crippen LogP contribution in [0.5, 0.6) is 5.75 Å². The number of allylic oxidation sites excluding steroid dienone is 2. The molecule has 2 aromatic carbocycles. The molecule has 0 aliphatic carbocycles. The number of ether oxygens (including phenoxy) is 1. The third-order valence-electron chi connectivity index (χ3n) is 5.52. The third kappa shape index (κ3) is 4.98. The SMILES string of the molecule is O=C1CN2C=C/C(=C\COc3ccc4ncnc(c4c3)Nc3ccccc3C=CC=N1)CC2. The number of anilines is 2. The molecule has 4 heterocycles. The van der Waals surface area contributed by atoms with E-state index in [2.05, 4.69) is 26.4 Å². The molecule has 0 unspecified atom stereocenters. The Morgan fingerprint density at radius 1 is 1.06 bits per heavy atom. The van der Waals surface area contributed by atoms with Crippen molar-refractivity contribution >= 4 is 40.6 Å². The van der Waals surface area contributed by atoms with E-state index in [1.54, 1.807) is 18.6 Å². The Balaban J connectivity index is 1.53. The average molecular weight is 438 g/mol. The van der Waals surface area contributed by atoms with Gasteiger partial charge in [0, 0.05) is 23.8 Å². The van der Waals surface area contributed by atoms with Crippen molar-refractivity contribution in [3.05, 3.63) is 84.4 Å². The van der Waals surface area contributed by atoms with Crippen molar-refractivity contribution in [3.8, 4) is 5.75 Å². The number of nitrogens with zero attached hydrogens (tertiary/aromatic N) is 4.